The molecule has 0 aliphatic carbocycles. The van der Waals surface area contributed by atoms with Crippen LogP contribution in [0, 0.1) is 0 Å². The van der Waals surface area contributed by atoms with Gasteiger partial charge in [-0.05, 0) is 13.3 Å². The first-order valence-corrected chi connectivity index (χ1v) is 23.6. The largest absolute Gasteiger partial charge is 0.481 e. The number of nitrogens with zero attached hydrogens (tertiary/aromatic N) is 6. The van der Waals surface area contributed by atoms with Gasteiger partial charge >= 0.3 is 23.9 Å². The molecule has 0 bridgehead atoms. The molecule has 2 fully saturated rings. The monoisotopic (exact) mass is 1070 g/mol. The van der Waals surface area contributed by atoms with Crippen molar-refractivity contribution in [1.82, 2.24) is 51.3 Å². The number of carboxylic acid groups (broad SMARTS) is 4. The summed E-state index contributed by atoms with van der Waals surface area (Å²) in [5, 5.41) is 123. The summed E-state index contributed by atoms with van der Waals surface area (Å²) in [5.74, 6) is -9.05. The lowest BCUT2D eigenvalue weighted by molar-refractivity contribution is -0.295. The van der Waals surface area contributed by atoms with Crippen molar-refractivity contribution in [3.05, 3.63) is 23.8 Å². The van der Waals surface area contributed by atoms with Crippen LogP contribution in [-0.4, -0.2) is 267 Å². The van der Waals surface area contributed by atoms with Crippen LogP contribution in [-0.2, 0) is 87.9 Å². The number of aliphatic hydroxyl groups is 6. The second-order valence-corrected chi connectivity index (χ2v) is 17.1. The van der Waals surface area contributed by atoms with Gasteiger partial charge in [0.25, 0.3) is 0 Å². The van der Waals surface area contributed by atoms with E-state index in [-0.39, 0.29) is 76.3 Å². The lowest BCUT2D eigenvalue weighted by Gasteiger charge is -2.38. The van der Waals surface area contributed by atoms with Crippen LogP contribution in [0.1, 0.15) is 17.8 Å². The Morgan fingerprint density at radius 1 is 0.603 bits per heavy atom. The minimum absolute atomic E-state index is 0.0169. The molecule has 4 heterocycles. The number of hydrogen-bond donors (Lipinski definition) is 14. The van der Waals surface area contributed by atoms with E-state index in [1.165, 1.54) is 28.8 Å². The number of carbonyl (C=O) groups excluding carboxylic acids is 3. The molecule has 2 aromatic rings. The number of carbonyl (C=O) groups is 7. The molecule has 14 atom stereocenters. The summed E-state index contributed by atoms with van der Waals surface area (Å²) in [6, 6.07) is -5.86. The van der Waals surface area contributed by atoms with Crippen LogP contribution in [0.15, 0.2) is 12.4 Å². The maximum atomic E-state index is 13.7. The Hall–Kier alpha value is -5.60. The summed E-state index contributed by atoms with van der Waals surface area (Å²) in [4.78, 5) is 87.3. The second-order valence-electron chi connectivity index (χ2n) is 16.2. The first-order valence-electron chi connectivity index (χ1n) is 22.2. The van der Waals surface area contributed by atoms with Crippen molar-refractivity contribution in [2.24, 2.45) is 0 Å². The van der Waals surface area contributed by atoms with E-state index in [0.717, 1.165) is 11.8 Å². The van der Waals surface area contributed by atoms with E-state index in [2.05, 4.69) is 41.9 Å². The van der Waals surface area contributed by atoms with Gasteiger partial charge in [-0.1, -0.05) is 10.4 Å². The molecule has 2 aromatic heterocycles. The van der Waals surface area contributed by atoms with E-state index in [1.54, 1.807) is 6.26 Å². The number of rotatable bonds is 32. The predicted octanol–water partition coefficient (Wildman–Crippen LogP) is -8.53. The van der Waals surface area contributed by atoms with Crippen LogP contribution in [0.2, 0.25) is 0 Å². The summed E-state index contributed by atoms with van der Waals surface area (Å²) in [6.07, 6.45) is -14.8. The van der Waals surface area contributed by atoms with Crippen LogP contribution >= 0.6 is 11.8 Å². The molecule has 2 saturated heterocycles. The molecule has 0 saturated carbocycles. The van der Waals surface area contributed by atoms with Crippen molar-refractivity contribution in [3.8, 4) is 0 Å². The highest BCUT2D eigenvalue weighted by Crippen LogP contribution is 2.23. The van der Waals surface area contributed by atoms with Gasteiger partial charge in [0.1, 0.15) is 54.7 Å². The zero-order chi connectivity index (χ0) is 53.9. The number of aliphatic carboxylic acids is 4. The number of likely N-dealkylation sites (N-methyl/N-ethyl adjacent to an activating group) is 1. The summed E-state index contributed by atoms with van der Waals surface area (Å²) in [5.41, 5.74) is 0.385. The number of nitrogens with one attached hydrogen (secondary N) is 4. The van der Waals surface area contributed by atoms with Crippen molar-refractivity contribution < 1.29 is 113 Å². The fourth-order valence-corrected chi connectivity index (χ4v) is 7.48. The van der Waals surface area contributed by atoms with Gasteiger partial charge in [-0.3, -0.25) is 19.2 Å². The Morgan fingerprint density at radius 3 is 1.45 bits per heavy atom. The van der Waals surface area contributed by atoms with Gasteiger partial charge in [0.2, 0.25) is 17.7 Å². The lowest BCUT2D eigenvalue weighted by Crippen LogP contribution is -2.60. The third kappa shape index (κ3) is 18.1. The molecule has 4 rings (SSSR count). The maximum absolute atomic E-state index is 13.7. The van der Waals surface area contributed by atoms with Crippen molar-refractivity contribution in [3.63, 3.8) is 0 Å². The fraction of sp³-hybridized carbons (Fsp3) is 0.718. The molecule has 410 valence electrons. The molecule has 73 heavy (non-hydrogen) atoms. The second kappa shape index (κ2) is 29.3. The smallest absolute Gasteiger partial charge is 0.335 e. The Kier molecular flexibility index (Phi) is 24.1. The van der Waals surface area contributed by atoms with Gasteiger partial charge in [-0.2, -0.15) is 11.8 Å². The van der Waals surface area contributed by atoms with E-state index in [1.807, 2.05) is 0 Å². The van der Waals surface area contributed by atoms with Crippen molar-refractivity contribution >= 4 is 53.4 Å². The van der Waals surface area contributed by atoms with Gasteiger partial charge < -0.3 is 101 Å². The van der Waals surface area contributed by atoms with Crippen LogP contribution in [0.5, 0.6) is 0 Å². The summed E-state index contributed by atoms with van der Waals surface area (Å²) >= 11 is 1.11. The molecule has 14 N–H and O–H groups in total. The molecule has 6 unspecified atom stereocenters. The summed E-state index contributed by atoms with van der Waals surface area (Å²) < 4.78 is 34.2. The van der Waals surface area contributed by atoms with Crippen LogP contribution in [0.4, 0.5) is 0 Å². The van der Waals surface area contributed by atoms with E-state index in [9.17, 15) is 79.5 Å². The molecule has 34 heteroatoms. The van der Waals surface area contributed by atoms with Gasteiger partial charge in [0, 0.05) is 31.0 Å². The topological polar surface area (TPSA) is 487 Å². The standard InChI is InChI=1S/C39H60N10O23S/c1-40-19(11-17-14-48(46-44-17)3-5-67-7-9-69-38-28(56)24(52)26(54)30(71-38)36(63)64)32(58)42-21(13-23(50)51)34(60)41-20(33(59)43-22(16-73-2)35(61)62)12-18-15-49(47-45-18)4-6-68-8-10-70-39-29(57)25(53)27(55)31(72-39)37(65)66/h14-15,19-22,24-31,38-40,52-57H,3-13,16H2,1-2H3,(H,41,60)(H,42,58)(H,43,59)(H,50,51)(H,61,62)(H,63,64)(H,65,66)/t19-,20-,21-,22+,24-,25-,26?,27?,28-,29-,30?,31?,38?,39?/m0/s1. The van der Waals surface area contributed by atoms with Crippen molar-refractivity contribution in [2.75, 3.05) is 58.7 Å². The quantitative estimate of drug-likeness (QED) is 0.0303. The maximum Gasteiger partial charge on any atom is 0.335 e. The Bertz CT molecular complexity index is 2140. The molecule has 33 nitrogen and oxygen atoms in total. The molecule has 0 spiro atoms. The number of hydrogen-bond acceptors (Lipinski definition) is 25. The SMILES string of the molecule is CN[C@@H](Cc1cn(CCOCCOC2OC(C(=O)O)C(O)[C@H](O)[C@@H]2O)nn1)C(=O)N[C@@H](CC(=O)O)C(=O)N[C@@H](Cc1cn(CCOCCOC2OC(C(=O)O)C(O)[C@H](O)[C@@H]2O)nn1)C(=O)N[C@H](CSC)C(=O)O. The number of ether oxygens (including phenoxy) is 6. The highest BCUT2D eigenvalue weighted by atomic mass is 32.2. The Labute approximate surface area is 417 Å². The molecule has 3 amide bonds. The molecule has 2 aliphatic heterocycles. The van der Waals surface area contributed by atoms with E-state index >= 15 is 0 Å². The average Bonchev–Trinajstić information content (AvgIpc) is 4.00. The van der Waals surface area contributed by atoms with Crippen molar-refractivity contribution in [1.29, 1.82) is 0 Å². The normalized spacial score (nSPS) is 25.7. The number of carboxylic acids is 4. The third-order valence-corrected chi connectivity index (χ3v) is 11.5. The molecule has 0 radical (unpaired) electrons. The lowest BCUT2D eigenvalue weighted by atomic mass is 9.99. The van der Waals surface area contributed by atoms with E-state index < -0.39 is 140 Å². The zero-order valence-electron chi connectivity index (χ0n) is 39.1. The zero-order valence-corrected chi connectivity index (χ0v) is 39.9. The van der Waals surface area contributed by atoms with Crippen LogP contribution < -0.4 is 21.3 Å². The third-order valence-electron chi connectivity index (χ3n) is 10.8. The summed E-state index contributed by atoms with van der Waals surface area (Å²) in [6.45, 7) is -0.391. The Morgan fingerprint density at radius 2 is 1.03 bits per heavy atom. The molecule has 0 aromatic carbocycles. The first kappa shape index (κ1) is 60.0. The number of aliphatic hydroxyl groups excluding tert-OH is 6. The van der Waals surface area contributed by atoms with Gasteiger partial charge in [0.05, 0.1) is 76.6 Å². The molecular weight excluding hydrogens is 1010 g/mol. The number of thioether (sulfide) groups is 1. The van der Waals surface area contributed by atoms with E-state index in [4.69, 9.17) is 33.5 Å². The summed E-state index contributed by atoms with van der Waals surface area (Å²) in [7, 11) is 1.42. The minimum Gasteiger partial charge on any atom is -0.481 e. The van der Waals surface area contributed by atoms with E-state index in [0.29, 0.717) is 0 Å². The van der Waals surface area contributed by atoms with Crippen LogP contribution in [0.25, 0.3) is 0 Å². The van der Waals surface area contributed by atoms with Crippen molar-refractivity contribution in [2.45, 2.75) is 118 Å². The predicted molar refractivity (Wildman–Crippen MR) is 237 cm³/mol. The highest BCUT2D eigenvalue weighted by Gasteiger charge is 2.48. The number of amides is 3. The first-order chi connectivity index (χ1) is 34.6. The fourth-order valence-electron chi connectivity index (χ4n) is 6.92. The molecule has 2 aliphatic rings. The average molecular weight is 1070 g/mol. The number of aromatic nitrogens is 6. The minimum atomic E-state index is -1.89. The van der Waals surface area contributed by atoms with Gasteiger partial charge in [-0.15, -0.1) is 10.2 Å². The Balaban J connectivity index is 1.30. The van der Waals surface area contributed by atoms with Gasteiger partial charge in [0.15, 0.2) is 24.8 Å². The molecular formula is C39H60N10O23S. The highest BCUT2D eigenvalue weighted by molar-refractivity contribution is 7.98. The van der Waals surface area contributed by atoms with Gasteiger partial charge in [-0.25, -0.2) is 23.7 Å². The van der Waals surface area contributed by atoms with Crippen LogP contribution in [0.3, 0.4) is 0 Å².